The van der Waals surface area contributed by atoms with Gasteiger partial charge in [-0.3, -0.25) is 4.79 Å². The third-order valence-electron chi connectivity index (χ3n) is 6.39. The van der Waals surface area contributed by atoms with Gasteiger partial charge in [0.1, 0.15) is 11.5 Å². The number of ketones is 1. The molecule has 0 aliphatic heterocycles. The van der Waals surface area contributed by atoms with Gasteiger partial charge in [0.15, 0.2) is 12.1 Å². The SMILES string of the molecule is CC.CC.CCCC(=O)c1cc(C)c(-c2nc3cc(C)ccn3c2CC(O)CN(CC(OC)OC)C(=O)OC)c(F)c1. The summed E-state index contributed by atoms with van der Waals surface area (Å²) in [7, 11) is 4.15. The Morgan fingerprint density at radius 1 is 1.05 bits per heavy atom. The maximum atomic E-state index is 15.5. The fourth-order valence-corrected chi connectivity index (χ4v) is 4.49. The standard InChI is InChI=1S/C28H36FN3O6.2C2H6/c1-7-8-23(34)19-12-18(3)26(21(29)13-19)27-22(32-10-9-17(2)11-24(32)30-27)14-20(33)15-31(28(35)38-6)16-25(36-4)37-5;2*1-2/h9-13,20,25,33H,7-8,14-16H2,1-6H3;2*1-2H3. The zero-order valence-corrected chi connectivity index (χ0v) is 26.8. The highest BCUT2D eigenvalue weighted by atomic mass is 19.1. The molecule has 1 amide bonds. The zero-order valence-electron chi connectivity index (χ0n) is 26.8. The van der Waals surface area contributed by atoms with E-state index in [-0.39, 0.29) is 30.9 Å². The Kier molecular flexibility index (Phi) is 15.9. The average molecular weight is 590 g/mol. The third kappa shape index (κ3) is 9.34. The number of methoxy groups -OCH3 is 3. The van der Waals surface area contributed by atoms with Gasteiger partial charge in [0, 0.05) is 44.4 Å². The van der Waals surface area contributed by atoms with E-state index in [0.29, 0.717) is 41.0 Å². The van der Waals surface area contributed by atoms with Crippen molar-refractivity contribution in [3.05, 3.63) is 58.7 Å². The Balaban J connectivity index is 0.00000211. The lowest BCUT2D eigenvalue weighted by Gasteiger charge is -2.27. The number of imidazole rings is 1. The lowest BCUT2D eigenvalue weighted by Crippen LogP contribution is -2.43. The van der Waals surface area contributed by atoms with Crippen molar-refractivity contribution in [1.29, 1.82) is 0 Å². The molecule has 0 aliphatic rings. The van der Waals surface area contributed by atoms with Gasteiger partial charge in [-0.2, -0.15) is 0 Å². The van der Waals surface area contributed by atoms with Gasteiger partial charge in [0.05, 0.1) is 37.7 Å². The first-order valence-corrected chi connectivity index (χ1v) is 14.5. The summed E-state index contributed by atoms with van der Waals surface area (Å²) in [6.45, 7) is 13.5. The van der Waals surface area contributed by atoms with E-state index >= 15 is 4.39 Å². The topological polar surface area (TPSA) is 103 Å². The molecule has 9 nitrogen and oxygen atoms in total. The maximum Gasteiger partial charge on any atom is 0.409 e. The molecule has 10 heteroatoms. The minimum atomic E-state index is -1.04. The Bertz CT molecular complexity index is 1270. The quantitative estimate of drug-likeness (QED) is 0.193. The number of carbonyl (C=O) groups excluding carboxylic acids is 2. The van der Waals surface area contributed by atoms with Crippen molar-refractivity contribution in [3.8, 4) is 11.3 Å². The highest BCUT2D eigenvalue weighted by molar-refractivity contribution is 5.97. The number of Topliss-reactive ketones (excluding diaryl/α,β-unsaturated/α-hetero) is 1. The van der Waals surface area contributed by atoms with Crippen molar-refractivity contribution >= 4 is 17.5 Å². The normalized spacial score (nSPS) is 11.4. The maximum absolute atomic E-state index is 15.5. The number of benzene rings is 1. The Morgan fingerprint density at radius 3 is 2.24 bits per heavy atom. The molecule has 0 aliphatic carbocycles. The summed E-state index contributed by atoms with van der Waals surface area (Å²) in [5.74, 6) is -0.671. The molecular weight excluding hydrogens is 541 g/mol. The predicted octanol–water partition coefficient (Wildman–Crippen LogP) is 6.38. The molecule has 0 saturated heterocycles. The number of aromatic nitrogens is 2. The van der Waals surface area contributed by atoms with Crippen molar-refractivity contribution in [2.24, 2.45) is 0 Å². The van der Waals surface area contributed by atoms with Gasteiger partial charge < -0.3 is 28.6 Å². The molecule has 0 spiro atoms. The van der Waals surface area contributed by atoms with E-state index in [1.807, 2.05) is 59.9 Å². The number of ether oxygens (including phenoxy) is 3. The third-order valence-corrected chi connectivity index (χ3v) is 6.39. The van der Waals surface area contributed by atoms with Crippen LogP contribution in [0.2, 0.25) is 0 Å². The summed E-state index contributed by atoms with van der Waals surface area (Å²) in [5, 5.41) is 11.1. The zero-order chi connectivity index (χ0) is 32.0. The van der Waals surface area contributed by atoms with Gasteiger partial charge in [0.2, 0.25) is 0 Å². The fraction of sp³-hybridized carbons (Fsp3) is 0.531. The lowest BCUT2D eigenvalue weighted by molar-refractivity contribution is -0.115. The number of pyridine rings is 1. The first-order valence-electron chi connectivity index (χ1n) is 14.5. The Morgan fingerprint density at radius 2 is 1.69 bits per heavy atom. The number of fused-ring (bicyclic) bond motifs is 1. The van der Waals surface area contributed by atoms with Crippen molar-refractivity contribution in [2.45, 2.75) is 80.1 Å². The minimum absolute atomic E-state index is 0.0386. The van der Waals surface area contributed by atoms with Crippen molar-refractivity contribution < 1.29 is 33.3 Å². The second-order valence-electron chi connectivity index (χ2n) is 9.30. The molecule has 2 aromatic heterocycles. The minimum Gasteiger partial charge on any atom is -0.453 e. The van der Waals surface area contributed by atoms with Crippen LogP contribution in [0.4, 0.5) is 9.18 Å². The predicted molar refractivity (Wildman–Crippen MR) is 163 cm³/mol. The van der Waals surface area contributed by atoms with Crippen LogP contribution >= 0.6 is 0 Å². The van der Waals surface area contributed by atoms with Crippen LogP contribution in [0.5, 0.6) is 0 Å². The van der Waals surface area contributed by atoms with Crippen LogP contribution in [-0.4, -0.2) is 78.1 Å². The number of carbonyl (C=O) groups is 2. The van der Waals surface area contributed by atoms with Crippen molar-refractivity contribution in [3.63, 3.8) is 0 Å². The molecule has 234 valence electrons. The monoisotopic (exact) mass is 589 g/mol. The van der Waals surface area contributed by atoms with Crippen molar-refractivity contribution in [2.75, 3.05) is 34.4 Å². The second kappa shape index (κ2) is 18.3. The smallest absolute Gasteiger partial charge is 0.409 e. The molecule has 3 rings (SSSR count). The number of aliphatic hydroxyl groups excluding tert-OH is 1. The number of aliphatic hydroxyl groups is 1. The average Bonchev–Trinajstić information content (AvgIpc) is 3.32. The number of hydrogen-bond donors (Lipinski definition) is 1. The molecule has 3 aromatic rings. The lowest BCUT2D eigenvalue weighted by atomic mass is 9.96. The van der Waals surface area contributed by atoms with Crippen LogP contribution in [0.15, 0.2) is 30.5 Å². The van der Waals surface area contributed by atoms with Gasteiger partial charge in [-0.05, 0) is 55.7 Å². The molecule has 42 heavy (non-hydrogen) atoms. The summed E-state index contributed by atoms with van der Waals surface area (Å²) in [5.41, 5.74) is 3.67. The van der Waals surface area contributed by atoms with E-state index in [2.05, 4.69) is 0 Å². The number of halogens is 1. The first kappa shape index (κ1) is 36.7. The van der Waals surface area contributed by atoms with E-state index in [9.17, 15) is 14.7 Å². The highest BCUT2D eigenvalue weighted by Crippen LogP contribution is 2.32. The summed E-state index contributed by atoms with van der Waals surface area (Å²) < 4.78 is 32.6. The van der Waals surface area contributed by atoms with Crippen LogP contribution in [0.1, 0.15) is 74.6 Å². The molecule has 1 N–H and O–H groups in total. The molecule has 1 aromatic carbocycles. The summed E-state index contributed by atoms with van der Waals surface area (Å²) >= 11 is 0. The number of aryl methyl sites for hydroxylation is 2. The first-order chi connectivity index (χ1) is 20.1. The Hall–Kier alpha value is -3.34. The van der Waals surface area contributed by atoms with Crippen LogP contribution < -0.4 is 0 Å². The van der Waals surface area contributed by atoms with Crippen LogP contribution in [0.3, 0.4) is 0 Å². The Labute approximate surface area is 249 Å². The molecule has 1 atom stereocenters. The van der Waals surface area contributed by atoms with Gasteiger partial charge in [-0.1, -0.05) is 34.6 Å². The highest BCUT2D eigenvalue weighted by Gasteiger charge is 2.26. The van der Waals surface area contributed by atoms with Crippen LogP contribution in [0.25, 0.3) is 16.9 Å². The van der Waals surface area contributed by atoms with Gasteiger partial charge in [-0.15, -0.1) is 0 Å². The molecule has 2 heterocycles. The van der Waals surface area contributed by atoms with E-state index in [0.717, 1.165) is 5.56 Å². The number of amides is 1. The van der Waals surface area contributed by atoms with Gasteiger partial charge in [-0.25, -0.2) is 14.2 Å². The summed E-state index contributed by atoms with van der Waals surface area (Å²) in [4.78, 5) is 30.8. The molecule has 0 radical (unpaired) electrons. The van der Waals surface area contributed by atoms with E-state index in [4.69, 9.17) is 19.2 Å². The van der Waals surface area contributed by atoms with Crippen LogP contribution in [0, 0.1) is 19.7 Å². The van der Waals surface area contributed by atoms with Crippen LogP contribution in [-0.2, 0) is 20.6 Å². The number of rotatable bonds is 12. The van der Waals surface area contributed by atoms with Crippen molar-refractivity contribution in [1.82, 2.24) is 14.3 Å². The summed E-state index contributed by atoms with van der Waals surface area (Å²) in [6.07, 6.45) is 0.497. The van der Waals surface area contributed by atoms with E-state index in [1.54, 1.807) is 17.4 Å². The summed E-state index contributed by atoms with van der Waals surface area (Å²) in [6, 6.07) is 6.70. The molecular formula is C32H48FN3O6. The molecule has 0 saturated carbocycles. The van der Waals surface area contributed by atoms with Gasteiger partial charge >= 0.3 is 6.09 Å². The fourth-order valence-electron chi connectivity index (χ4n) is 4.49. The largest absolute Gasteiger partial charge is 0.453 e. The molecule has 0 fully saturated rings. The number of hydrogen-bond acceptors (Lipinski definition) is 7. The molecule has 1 unspecified atom stereocenters. The second-order valence-corrected chi connectivity index (χ2v) is 9.30. The van der Waals surface area contributed by atoms with E-state index in [1.165, 1.54) is 32.3 Å². The van der Waals surface area contributed by atoms with Gasteiger partial charge in [0.25, 0.3) is 0 Å². The molecule has 0 bridgehead atoms. The number of nitrogens with zero attached hydrogens (tertiary/aromatic N) is 3. The van der Waals surface area contributed by atoms with E-state index < -0.39 is 24.3 Å².